The Bertz CT molecular complexity index is 1710. The van der Waals surface area contributed by atoms with Gasteiger partial charge in [-0.1, -0.05) is 72.7 Å². The summed E-state index contributed by atoms with van der Waals surface area (Å²) in [4.78, 5) is 0. The molecule has 4 saturated carbocycles. The fourth-order valence-corrected chi connectivity index (χ4v) is 9.14. The molecule has 0 aromatic heterocycles. The van der Waals surface area contributed by atoms with E-state index in [1.165, 1.54) is 82.7 Å². The fraction of sp³-hybridized carbons (Fsp3) is 0.370. The Kier molecular flexibility index (Phi) is 13.8. The Hall–Kier alpha value is -3.31. The fourth-order valence-electron chi connectivity index (χ4n) is 9.14. The summed E-state index contributed by atoms with van der Waals surface area (Å²) < 4.78 is 73.9. The van der Waals surface area contributed by atoms with Crippen molar-refractivity contribution in [2.24, 2.45) is 29.1 Å². The van der Waals surface area contributed by atoms with Crippen LogP contribution >= 0.6 is 0 Å². The molecule has 4 fully saturated rings. The Morgan fingerprint density at radius 1 is 0.717 bits per heavy atom. The zero-order chi connectivity index (χ0) is 38.2. The molecule has 6 aliphatic rings. The van der Waals surface area contributed by atoms with Crippen molar-refractivity contribution in [3.63, 3.8) is 0 Å². The molecule has 1 atom stereocenters. The Balaban J connectivity index is 0.000000139. The summed E-state index contributed by atoms with van der Waals surface area (Å²) in [6.07, 6.45) is 9.31. The maximum Gasteiger partial charge on any atom is -0.0253 e. The van der Waals surface area contributed by atoms with Gasteiger partial charge in [0.1, 0.15) is 0 Å². The third kappa shape index (κ3) is 10.9. The van der Waals surface area contributed by atoms with E-state index in [4.69, 9.17) is 0 Å². The molecular weight excluding hydrogens is 758 g/mol. The van der Waals surface area contributed by atoms with E-state index < -0.39 is 23.5 Å². The molecule has 0 saturated heterocycles. The standard InChI is InChI=1S/C18H25.C13H9.2C7H4F3.CH2.Zr/c1-12-3-13(2)17(4-12)11-18-8-14-5-15(9-18)7-16(6-14)10-18;1-3-7-12-10(5-1)9-11-6-2-4-8-13(11)12;2*8-7(9,10)6-4-2-1-3-5-6;;/h4,12,14-16H,5-11H2,1-2H3;1-5,7-8H,9H2;2*1-2,4-5H;1H2;/q4*-1;;. The van der Waals surface area contributed by atoms with Crippen molar-refractivity contribution in [3.8, 4) is 11.1 Å². The molecule has 278 valence electrons. The van der Waals surface area contributed by atoms with Crippen LogP contribution in [0.2, 0.25) is 0 Å². The van der Waals surface area contributed by atoms with Crippen LogP contribution in [0.4, 0.5) is 26.3 Å². The van der Waals surface area contributed by atoms with Gasteiger partial charge in [-0.25, -0.2) is 5.57 Å². The van der Waals surface area contributed by atoms with Gasteiger partial charge in [0.25, 0.3) is 0 Å². The van der Waals surface area contributed by atoms with Crippen LogP contribution in [0.3, 0.4) is 0 Å². The summed E-state index contributed by atoms with van der Waals surface area (Å²) in [7, 11) is 0. The van der Waals surface area contributed by atoms with Gasteiger partial charge in [0.05, 0.1) is 0 Å². The molecule has 0 nitrogen and oxygen atoms in total. The second kappa shape index (κ2) is 17.9. The van der Waals surface area contributed by atoms with Crippen molar-refractivity contribution in [2.75, 3.05) is 0 Å². The van der Waals surface area contributed by atoms with Gasteiger partial charge in [0.2, 0.25) is 0 Å². The van der Waals surface area contributed by atoms with E-state index in [0.29, 0.717) is 11.3 Å². The van der Waals surface area contributed by atoms with E-state index in [0.717, 1.165) is 48.4 Å². The minimum absolute atomic E-state index is 0.564. The average molecular weight is 802 g/mol. The second-order valence-corrected chi connectivity index (χ2v) is 14.8. The normalized spacial score (nSPS) is 24.2. The van der Waals surface area contributed by atoms with E-state index in [2.05, 4.69) is 84.8 Å². The van der Waals surface area contributed by atoms with Crippen LogP contribution in [0.5, 0.6) is 0 Å². The first kappa shape index (κ1) is 40.9. The number of alkyl halides is 6. The first-order valence-electron chi connectivity index (χ1n) is 18.1. The van der Waals surface area contributed by atoms with Crippen LogP contribution in [0.1, 0.15) is 81.0 Å². The molecule has 4 bridgehead atoms. The van der Waals surface area contributed by atoms with Crippen molar-refractivity contribution in [1.29, 1.82) is 0 Å². The van der Waals surface area contributed by atoms with Gasteiger partial charge < -0.3 is 0 Å². The van der Waals surface area contributed by atoms with Crippen molar-refractivity contribution < 1.29 is 50.6 Å². The first-order chi connectivity index (χ1) is 25.3. The Morgan fingerprint density at radius 3 is 1.68 bits per heavy atom. The van der Waals surface area contributed by atoms with Crippen molar-refractivity contribution in [1.82, 2.24) is 0 Å². The minimum atomic E-state index is -4.24. The summed E-state index contributed by atoms with van der Waals surface area (Å²) in [6.45, 7) is 4.55. The molecule has 0 aliphatic heterocycles. The van der Waals surface area contributed by atoms with E-state index in [1.807, 2.05) is 6.07 Å². The van der Waals surface area contributed by atoms with Gasteiger partial charge in [0.15, 0.2) is 0 Å². The largest absolute Gasteiger partial charge is 0.179 e. The monoisotopic (exact) mass is 800 g/mol. The summed E-state index contributed by atoms with van der Waals surface area (Å²) >= 11 is 1.30. The number of rotatable bonds is 2. The van der Waals surface area contributed by atoms with Crippen LogP contribution in [0.15, 0.2) is 108 Å². The molecule has 53 heavy (non-hydrogen) atoms. The topological polar surface area (TPSA) is 0 Å². The van der Waals surface area contributed by atoms with Gasteiger partial charge in [-0.15, -0.1) is 5.56 Å². The molecule has 1 unspecified atom stereocenters. The number of hydrogen-bond donors (Lipinski definition) is 0. The Labute approximate surface area is 325 Å². The van der Waals surface area contributed by atoms with Crippen LogP contribution < -0.4 is 0 Å². The number of hydrogen-bond acceptors (Lipinski definition) is 0. The molecule has 4 aromatic carbocycles. The molecule has 10 rings (SSSR count). The van der Waals surface area contributed by atoms with Gasteiger partial charge >= 0.3 is 40.8 Å². The third-order valence-electron chi connectivity index (χ3n) is 10.8. The van der Waals surface area contributed by atoms with Crippen LogP contribution in [-0.2, 0) is 43.0 Å². The van der Waals surface area contributed by atoms with Crippen molar-refractivity contribution in [2.45, 2.75) is 77.6 Å². The number of fused-ring (bicyclic) bond motifs is 3. The second-order valence-electron chi connectivity index (χ2n) is 14.8. The summed E-state index contributed by atoms with van der Waals surface area (Å²) in [5.41, 5.74) is 8.00. The van der Waals surface area contributed by atoms with Crippen molar-refractivity contribution >= 4 is 4.21 Å². The number of benzene rings is 4. The predicted molar refractivity (Wildman–Crippen MR) is 196 cm³/mol. The smallest absolute Gasteiger partial charge is 0.0253 e. The zero-order valence-electron chi connectivity index (χ0n) is 30.2. The molecule has 0 spiro atoms. The van der Waals surface area contributed by atoms with Gasteiger partial charge in [-0.2, -0.15) is 128 Å². The molecule has 7 heteroatoms. The molecule has 0 amide bonds. The van der Waals surface area contributed by atoms with E-state index in [1.54, 1.807) is 44.1 Å². The maximum absolute atomic E-state index is 11.8. The predicted octanol–water partition coefficient (Wildman–Crippen LogP) is 13.0. The van der Waals surface area contributed by atoms with Gasteiger partial charge in [0, 0.05) is 0 Å². The van der Waals surface area contributed by atoms with Gasteiger partial charge in [-0.05, 0) is 68.1 Å². The summed E-state index contributed by atoms with van der Waals surface area (Å²) in [6, 6.07) is 32.1. The van der Waals surface area contributed by atoms with Crippen LogP contribution in [0.25, 0.3) is 11.1 Å². The molecule has 4 aromatic rings. The van der Waals surface area contributed by atoms with E-state index in [9.17, 15) is 26.3 Å². The van der Waals surface area contributed by atoms with Crippen LogP contribution in [0, 0.1) is 53.4 Å². The zero-order valence-corrected chi connectivity index (χ0v) is 32.6. The van der Waals surface area contributed by atoms with E-state index >= 15 is 0 Å². The third-order valence-corrected chi connectivity index (χ3v) is 10.8. The maximum atomic E-state index is 11.8. The van der Waals surface area contributed by atoms with E-state index in [-0.39, 0.29) is 0 Å². The van der Waals surface area contributed by atoms with Crippen LogP contribution in [-0.4, -0.2) is 4.21 Å². The van der Waals surface area contributed by atoms with Crippen molar-refractivity contribution in [3.05, 3.63) is 155 Å². The minimum Gasteiger partial charge on any atom is -0.179 e. The summed E-state index contributed by atoms with van der Waals surface area (Å²) in [5.74, 6) is 3.82. The SMILES string of the molecule is CC1=[C-]C(C)C=C1CC12CC3CC(CC(C3)C1)C2.FC(F)(F)c1c[c-]ccc1.FC(F)(F)c1c[c-]ccc1.[CH2]=[Zr].[c-]1cccc2c1Cc1ccccc1-2. The number of allylic oxidation sites excluding steroid dienone is 4. The Morgan fingerprint density at radius 2 is 1.23 bits per heavy atom. The molecule has 0 N–H and O–H groups in total. The molecular formula is C46H44F6Zr-4. The molecule has 0 heterocycles. The average Bonchev–Trinajstić information content (AvgIpc) is 3.67. The summed E-state index contributed by atoms with van der Waals surface area (Å²) in [5, 5.41) is 0. The number of halogens is 6. The molecule has 6 aliphatic carbocycles. The molecule has 0 radical (unpaired) electrons. The first-order valence-corrected chi connectivity index (χ1v) is 19.8. The quantitative estimate of drug-likeness (QED) is 0.123. The van der Waals surface area contributed by atoms with Gasteiger partial charge in [-0.3, -0.25) is 6.08 Å².